The standard InChI is InChI=1S/C20H26N2O4/c1-3-26-20(25)17(12-11-15-8-5-4-6-9-15)22-14(2)18(23)21-13-7-10-16(21)19(22)24/h4-6,8-9,14,16-17H,3,7,10-13H2,1-2H3/t14-,16-,17+/m0/s1. The number of fused-ring (bicyclic) bond motifs is 1. The molecule has 0 saturated carbocycles. The molecule has 0 spiro atoms. The second-order valence-electron chi connectivity index (χ2n) is 6.90. The van der Waals surface area contributed by atoms with Crippen LogP contribution in [0.4, 0.5) is 0 Å². The topological polar surface area (TPSA) is 66.9 Å². The van der Waals surface area contributed by atoms with E-state index < -0.39 is 24.1 Å². The number of carbonyl (C=O) groups excluding carboxylic acids is 3. The van der Waals surface area contributed by atoms with Gasteiger partial charge in [-0.1, -0.05) is 30.3 Å². The summed E-state index contributed by atoms with van der Waals surface area (Å²) in [5, 5.41) is 0. The summed E-state index contributed by atoms with van der Waals surface area (Å²) in [6.45, 7) is 4.34. The van der Waals surface area contributed by atoms with Crippen LogP contribution in [0.5, 0.6) is 0 Å². The molecule has 2 aliphatic rings. The van der Waals surface area contributed by atoms with E-state index >= 15 is 0 Å². The third-order valence-corrected chi connectivity index (χ3v) is 5.29. The van der Waals surface area contributed by atoms with Crippen molar-refractivity contribution in [1.29, 1.82) is 0 Å². The van der Waals surface area contributed by atoms with Crippen LogP contribution in [0, 0.1) is 0 Å². The van der Waals surface area contributed by atoms with Crippen molar-refractivity contribution >= 4 is 17.8 Å². The number of piperazine rings is 1. The highest BCUT2D eigenvalue weighted by molar-refractivity contribution is 5.99. The second-order valence-corrected chi connectivity index (χ2v) is 6.90. The smallest absolute Gasteiger partial charge is 0.328 e. The maximum Gasteiger partial charge on any atom is 0.328 e. The van der Waals surface area contributed by atoms with Gasteiger partial charge in [0.25, 0.3) is 0 Å². The van der Waals surface area contributed by atoms with E-state index in [2.05, 4.69) is 0 Å². The molecular weight excluding hydrogens is 332 g/mol. The highest BCUT2D eigenvalue weighted by atomic mass is 16.5. The summed E-state index contributed by atoms with van der Waals surface area (Å²) in [5.74, 6) is -0.621. The lowest BCUT2D eigenvalue weighted by molar-refractivity contribution is -0.168. The van der Waals surface area contributed by atoms with Gasteiger partial charge in [-0.05, 0) is 45.1 Å². The normalized spacial score (nSPS) is 23.8. The Balaban J connectivity index is 1.83. The summed E-state index contributed by atoms with van der Waals surface area (Å²) in [6.07, 6.45) is 2.58. The Morgan fingerprint density at radius 2 is 1.96 bits per heavy atom. The van der Waals surface area contributed by atoms with Crippen molar-refractivity contribution in [3.8, 4) is 0 Å². The van der Waals surface area contributed by atoms with Crippen molar-refractivity contribution in [2.45, 2.75) is 57.7 Å². The first-order valence-corrected chi connectivity index (χ1v) is 9.37. The van der Waals surface area contributed by atoms with Crippen LogP contribution in [0.1, 0.15) is 38.7 Å². The molecule has 2 amide bonds. The van der Waals surface area contributed by atoms with Crippen molar-refractivity contribution in [1.82, 2.24) is 9.80 Å². The summed E-state index contributed by atoms with van der Waals surface area (Å²) in [7, 11) is 0. The van der Waals surface area contributed by atoms with Crippen LogP contribution in [-0.4, -0.2) is 58.9 Å². The minimum Gasteiger partial charge on any atom is -0.464 e. The van der Waals surface area contributed by atoms with E-state index in [1.165, 1.54) is 4.90 Å². The molecule has 3 atom stereocenters. The Hall–Kier alpha value is -2.37. The van der Waals surface area contributed by atoms with E-state index in [-0.39, 0.29) is 18.4 Å². The van der Waals surface area contributed by atoms with E-state index in [0.29, 0.717) is 25.8 Å². The Morgan fingerprint density at radius 3 is 2.65 bits per heavy atom. The summed E-state index contributed by atoms with van der Waals surface area (Å²) in [5.41, 5.74) is 1.09. The highest BCUT2D eigenvalue weighted by Gasteiger charge is 2.49. The zero-order chi connectivity index (χ0) is 18.7. The maximum atomic E-state index is 13.0. The first-order valence-electron chi connectivity index (χ1n) is 9.37. The molecule has 140 valence electrons. The van der Waals surface area contributed by atoms with Crippen LogP contribution in [0.3, 0.4) is 0 Å². The number of ether oxygens (including phenoxy) is 1. The zero-order valence-corrected chi connectivity index (χ0v) is 15.4. The number of hydrogen-bond donors (Lipinski definition) is 0. The summed E-state index contributed by atoms with van der Waals surface area (Å²) in [4.78, 5) is 41.5. The van der Waals surface area contributed by atoms with Gasteiger partial charge in [-0.2, -0.15) is 0 Å². The van der Waals surface area contributed by atoms with Crippen molar-refractivity contribution in [3.63, 3.8) is 0 Å². The molecule has 6 nitrogen and oxygen atoms in total. The lowest BCUT2D eigenvalue weighted by atomic mass is 9.98. The summed E-state index contributed by atoms with van der Waals surface area (Å²) in [6, 6.07) is 8.03. The van der Waals surface area contributed by atoms with Crippen molar-refractivity contribution in [2.24, 2.45) is 0 Å². The van der Waals surface area contributed by atoms with Gasteiger partial charge in [0.15, 0.2) is 0 Å². The average molecular weight is 358 g/mol. The van der Waals surface area contributed by atoms with Gasteiger partial charge in [0.2, 0.25) is 11.8 Å². The lowest BCUT2D eigenvalue weighted by Crippen LogP contribution is -2.65. The molecule has 26 heavy (non-hydrogen) atoms. The van der Waals surface area contributed by atoms with Gasteiger partial charge >= 0.3 is 5.97 Å². The van der Waals surface area contributed by atoms with Gasteiger partial charge in [-0.15, -0.1) is 0 Å². The minimum absolute atomic E-state index is 0.0684. The summed E-state index contributed by atoms with van der Waals surface area (Å²) < 4.78 is 5.23. The molecule has 1 aromatic rings. The van der Waals surface area contributed by atoms with E-state index in [9.17, 15) is 14.4 Å². The largest absolute Gasteiger partial charge is 0.464 e. The molecule has 2 saturated heterocycles. The average Bonchev–Trinajstić information content (AvgIpc) is 3.14. The fourth-order valence-corrected chi connectivity index (χ4v) is 3.99. The number of rotatable bonds is 6. The molecule has 3 rings (SSSR count). The monoisotopic (exact) mass is 358 g/mol. The molecule has 1 aromatic carbocycles. The van der Waals surface area contributed by atoms with E-state index in [0.717, 1.165) is 12.0 Å². The van der Waals surface area contributed by atoms with Crippen molar-refractivity contribution in [3.05, 3.63) is 35.9 Å². The molecule has 2 aliphatic heterocycles. The number of amides is 2. The predicted octanol–water partition coefficient (Wildman–Crippen LogP) is 1.77. The van der Waals surface area contributed by atoms with E-state index in [1.807, 2.05) is 30.3 Å². The molecule has 6 heteroatoms. The molecule has 2 fully saturated rings. The fraction of sp³-hybridized carbons (Fsp3) is 0.550. The molecule has 0 unspecified atom stereocenters. The van der Waals surface area contributed by atoms with Gasteiger partial charge in [0.1, 0.15) is 18.1 Å². The number of hydrogen-bond acceptors (Lipinski definition) is 4. The first-order chi connectivity index (χ1) is 12.5. The van der Waals surface area contributed by atoms with E-state index in [1.54, 1.807) is 18.7 Å². The van der Waals surface area contributed by atoms with Crippen LogP contribution in [0.25, 0.3) is 0 Å². The van der Waals surface area contributed by atoms with Crippen LogP contribution >= 0.6 is 0 Å². The van der Waals surface area contributed by atoms with Gasteiger partial charge < -0.3 is 14.5 Å². The zero-order valence-electron chi connectivity index (χ0n) is 15.4. The quantitative estimate of drug-likeness (QED) is 0.727. The van der Waals surface area contributed by atoms with Crippen LogP contribution < -0.4 is 0 Å². The fourth-order valence-electron chi connectivity index (χ4n) is 3.99. The SMILES string of the molecule is CCOC(=O)[C@@H](CCc1ccccc1)N1C(=O)[C@@H]2CCCN2C(=O)[C@@H]1C. The van der Waals surface area contributed by atoms with Crippen LogP contribution in [-0.2, 0) is 25.5 Å². The number of benzene rings is 1. The Morgan fingerprint density at radius 1 is 1.23 bits per heavy atom. The minimum atomic E-state index is -0.732. The predicted molar refractivity (Wildman–Crippen MR) is 96.2 cm³/mol. The summed E-state index contributed by atoms with van der Waals surface area (Å²) >= 11 is 0. The number of esters is 1. The molecule has 0 aliphatic carbocycles. The molecule has 0 bridgehead atoms. The third-order valence-electron chi connectivity index (χ3n) is 5.29. The van der Waals surface area contributed by atoms with Gasteiger partial charge in [0.05, 0.1) is 6.61 Å². The van der Waals surface area contributed by atoms with Gasteiger partial charge in [0, 0.05) is 6.54 Å². The first kappa shape index (κ1) is 18.4. The van der Waals surface area contributed by atoms with Gasteiger partial charge in [-0.25, -0.2) is 4.79 Å². The third kappa shape index (κ3) is 3.45. The highest BCUT2D eigenvalue weighted by Crippen LogP contribution is 2.29. The molecule has 0 N–H and O–H groups in total. The molecule has 2 heterocycles. The van der Waals surface area contributed by atoms with Gasteiger partial charge in [-0.3, -0.25) is 9.59 Å². The number of nitrogens with zero attached hydrogens (tertiary/aromatic N) is 2. The Kier molecular flexibility index (Phi) is 5.59. The number of aryl methyl sites for hydroxylation is 1. The Bertz CT molecular complexity index is 676. The Labute approximate surface area is 154 Å². The number of carbonyl (C=O) groups is 3. The van der Waals surface area contributed by atoms with E-state index in [4.69, 9.17) is 4.74 Å². The van der Waals surface area contributed by atoms with Crippen LogP contribution in [0.2, 0.25) is 0 Å². The molecule has 0 radical (unpaired) electrons. The van der Waals surface area contributed by atoms with Crippen molar-refractivity contribution in [2.75, 3.05) is 13.2 Å². The van der Waals surface area contributed by atoms with Crippen molar-refractivity contribution < 1.29 is 19.1 Å². The van der Waals surface area contributed by atoms with Crippen LogP contribution in [0.15, 0.2) is 30.3 Å². The maximum absolute atomic E-state index is 13.0. The molecule has 0 aromatic heterocycles. The lowest BCUT2D eigenvalue weighted by Gasteiger charge is -2.43. The second kappa shape index (κ2) is 7.89. The molecular formula is C20H26N2O4.